The van der Waals surface area contributed by atoms with Crippen LogP contribution in [-0.2, 0) is 9.53 Å². The molecule has 0 saturated carbocycles. The van der Waals surface area contributed by atoms with Crippen molar-refractivity contribution >= 4 is 22.4 Å². The van der Waals surface area contributed by atoms with Gasteiger partial charge in [0.15, 0.2) is 0 Å². The number of ether oxygens (including phenoxy) is 1. The van der Waals surface area contributed by atoms with Gasteiger partial charge in [0, 0.05) is 4.47 Å². The van der Waals surface area contributed by atoms with Gasteiger partial charge in [-0.1, -0.05) is 15.9 Å². The Bertz CT molecular complexity index is 289. The second-order valence-electron chi connectivity index (χ2n) is 2.45. The molecular formula is C10H12BrFO2. The zero-order valence-corrected chi connectivity index (χ0v) is 9.67. The normalized spacial score (nSPS) is 8.57. The van der Waals surface area contributed by atoms with Gasteiger partial charge in [-0.2, -0.15) is 0 Å². The standard InChI is InChI=1S/C7H6BrF.C3H6O2/c1-5-4-6(9)2-3-7(5)8;1-2-5-3-4/h2-4H,1H3;3H,2H2,1H3. The predicted octanol–water partition coefficient (Wildman–Crippen LogP) is 3.08. The average Bonchev–Trinajstić information content (AvgIpc) is 2.14. The van der Waals surface area contributed by atoms with Crippen LogP contribution in [0.15, 0.2) is 22.7 Å². The molecule has 0 aliphatic carbocycles. The minimum Gasteiger partial charge on any atom is -0.468 e. The molecule has 78 valence electrons. The van der Waals surface area contributed by atoms with Crippen molar-refractivity contribution in [1.82, 2.24) is 0 Å². The minimum absolute atomic E-state index is 0.185. The van der Waals surface area contributed by atoms with Crippen LogP contribution >= 0.6 is 15.9 Å². The molecule has 0 saturated heterocycles. The van der Waals surface area contributed by atoms with Gasteiger partial charge in [0.25, 0.3) is 6.47 Å². The van der Waals surface area contributed by atoms with Crippen molar-refractivity contribution < 1.29 is 13.9 Å². The lowest BCUT2D eigenvalue weighted by Gasteiger charge is -1.94. The van der Waals surface area contributed by atoms with Crippen LogP contribution in [0.25, 0.3) is 0 Å². The molecule has 0 unspecified atom stereocenters. The number of aryl methyl sites for hydroxylation is 1. The summed E-state index contributed by atoms with van der Waals surface area (Å²) in [4.78, 5) is 9.18. The molecule has 0 N–H and O–H groups in total. The van der Waals surface area contributed by atoms with E-state index in [1.165, 1.54) is 12.1 Å². The molecular weight excluding hydrogens is 251 g/mol. The third-order valence-electron chi connectivity index (χ3n) is 1.35. The van der Waals surface area contributed by atoms with Crippen LogP contribution in [0.3, 0.4) is 0 Å². The first-order chi connectivity index (χ1) is 6.61. The van der Waals surface area contributed by atoms with Crippen LogP contribution in [0.5, 0.6) is 0 Å². The number of carbonyl (C=O) groups is 1. The first-order valence-electron chi connectivity index (χ1n) is 4.08. The zero-order chi connectivity index (χ0) is 11.0. The summed E-state index contributed by atoms with van der Waals surface area (Å²) >= 11 is 3.26. The Morgan fingerprint density at radius 1 is 1.57 bits per heavy atom. The Morgan fingerprint density at radius 3 is 2.50 bits per heavy atom. The van der Waals surface area contributed by atoms with E-state index in [2.05, 4.69) is 20.7 Å². The molecule has 14 heavy (non-hydrogen) atoms. The maximum Gasteiger partial charge on any atom is 0.293 e. The van der Waals surface area contributed by atoms with Crippen LogP contribution in [0, 0.1) is 12.7 Å². The molecule has 0 heterocycles. The van der Waals surface area contributed by atoms with Gasteiger partial charge in [0.1, 0.15) is 5.82 Å². The monoisotopic (exact) mass is 262 g/mol. The maximum absolute atomic E-state index is 12.3. The van der Waals surface area contributed by atoms with E-state index in [1.807, 2.05) is 6.92 Å². The van der Waals surface area contributed by atoms with Crippen LogP contribution in [0.4, 0.5) is 4.39 Å². The molecule has 0 bridgehead atoms. The molecule has 1 aromatic rings. The Kier molecular flexibility index (Phi) is 7.02. The summed E-state index contributed by atoms with van der Waals surface area (Å²) in [7, 11) is 0. The molecule has 2 nitrogen and oxygen atoms in total. The number of benzene rings is 1. The molecule has 4 heteroatoms. The lowest BCUT2D eigenvalue weighted by Crippen LogP contribution is -1.80. The van der Waals surface area contributed by atoms with E-state index in [0.29, 0.717) is 13.1 Å². The highest BCUT2D eigenvalue weighted by Gasteiger charge is 1.93. The molecule has 0 radical (unpaired) electrons. The summed E-state index contributed by atoms with van der Waals surface area (Å²) in [5.41, 5.74) is 0.926. The van der Waals surface area contributed by atoms with E-state index in [9.17, 15) is 9.18 Å². The van der Waals surface area contributed by atoms with E-state index in [0.717, 1.165) is 10.0 Å². The fourth-order valence-corrected chi connectivity index (χ4v) is 0.923. The summed E-state index contributed by atoms with van der Waals surface area (Å²) in [6, 6.07) is 4.62. The molecule has 0 amide bonds. The smallest absolute Gasteiger partial charge is 0.293 e. The molecule has 0 fully saturated rings. The molecule has 0 aliphatic rings. The van der Waals surface area contributed by atoms with Crippen molar-refractivity contribution in [2.24, 2.45) is 0 Å². The van der Waals surface area contributed by atoms with Gasteiger partial charge in [-0.25, -0.2) is 4.39 Å². The third-order valence-corrected chi connectivity index (χ3v) is 2.24. The summed E-state index contributed by atoms with van der Waals surface area (Å²) in [5, 5.41) is 0. The average molecular weight is 263 g/mol. The summed E-state index contributed by atoms with van der Waals surface area (Å²) < 4.78 is 17.4. The second kappa shape index (κ2) is 7.50. The number of carbonyl (C=O) groups excluding carboxylic acids is 1. The Balaban J connectivity index is 0.000000292. The summed E-state index contributed by atoms with van der Waals surface area (Å²) in [6.45, 7) is 4.52. The maximum atomic E-state index is 12.3. The zero-order valence-electron chi connectivity index (χ0n) is 8.09. The Hall–Kier alpha value is -0.900. The van der Waals surface area contributed by atoms with Gasteiger partial charge in [-0.3, -0.25) is 4.79 Å². The van der Waals surface area contributed by atoms with E-state index in [1.54, 1.807) is 13.0 Å². The number of rotatable bonds is 2. The fraction of sp³-hybridized carbons (Fsp3) is 0.300. The van der Waals surface area contributed by atoms with Crippen LogP contribution < -0.4 is 0 Å². The molecule has 0 atom stereocenters. The van der Waals surface area contributed by atoms with Gasteiger partial charge >= 0.3 is 0 Å². The first kappa shape index (κ1) is 13.1. The van der Waals surface area contributed by atoms with Crippen molar-refractivity contribution in [2.75, 3.05) is 6.61 Å². The number of halogens is 2. The number of hydrogen-bond acceptors (Lipinski definition) is 2. The summed E-state index contributed by atoms with van der Waals surface area (Å²) in [6.07, 6.45) is 0. The van der Waals surface area contributed by atoms with Crippen LogP contribution in [0.2, 0.25) is 0 Å². The second-order valence-corrected chi connectivity index (χ2v) is 3.30. The van der Waals surface area contributed by atoms with Crippen molar-refractivity contribution in [1.29, 1.82) is 0 Å². The lowest BCUT2D eigenvalue weighted by molar-refractivity contribution is -0.128. The van der Waals surface area contributed by atoms with Crippen molar-refractivity contribution in [3.63, 3.8) is 0 Å². The van der Waals surface area contributed by atoms with Gasteiger partial charge < -0.3 is 4.74 Å². The fourth-order valence-electron chi connectivity index (χ4n) is 0.676. The van der Waals surface area contributed by atoms with Crippen LogP contribution in [-0.4, -0.2) is 13.1 Å². The van der Waals surface area contributed by atoms with Crippen molar-refractivity contribution in [3.8, 4) is 0 Å². The van der Waals surface area contributed by atoms with E-state index in [4.69, 9.17) is 0 Å². The highest BCUT2D eigenvalue weighted by Crippen LogP contribution is 2.15. The molecule has 1 aromatic carbocycles. The van der Waals surface area contributed by atoms with Gasteiger partial charge in [0.05, 0.1) is 6.61 Å². The predicted molar refractivity (Wildman–Crippen MR) is 56.5 cm³/mol. The van der Waals surface area contributed by atoms with E-state index < -0.39 is 0 Å². The molecule has 0 aliphatic heterocycles. The third kappa shape index (κ3) is 5.70. The molecule has 0 aromatic heterocycles. The van der Waals surface area contributed by atoms with Gasteiger partial charge in [-0.15, -0.1) is 0 Å². The van der Waals surface area contributed by atoms with Crippen LogP contribution in [0.1, 0.15) is 12.5 Å². The number of hydrogen-bond donors (Lipinski definition) is 0. The van der Waals surface area contributed by atoms with E-state index >= 15 is 0 Å². The SMILES string of the molecule is CCOC=O.Cc1cc(F)ccc1Br. The topological polar surface area (TPSA) is 26.3 Å². The van der Waals surface area contributed by atoms with Crippen molar-refractivity contribution in [3.05, 3.63) is 34.1 Å². The Labute approximate surface area is 91.2 Å². The highest BCUT2D eigenvalue weighted by atomic mass is 79.9. The largest absolute Gasteiger partial charge is 0.468 e. The lowest BCUT2D eigenvalue weighted by atomic mass is 10.2. The highest BCUT2D eigenvalue weighted by molar-refractivity contribution is 9.10. The van der Waals surface area contributed by atoms with E-state index in [-0.39, 0.29) is 5.82 Å². The van der Waals surface area contributed by atoms with Gasteiger partial charge in [0.2, 0.25) is 0 Å². The summed E-state index contributed by atoms with van der Waals surface area (Å²) in [5.74, 6) is -0.185. The van der Waals surface area contributed by atoms with Crippen molar-refractivity contribution in [2.45, 2.75) is 13.8 Å². The quantitative estimate of drug-likeness (QED) is 0.766. The Morgan fingerprint density at radius 2 is 2.21 bits per heavy atom. The molecule has 0 spiro atoms. The first-order valence-corrected chi connectivity index (χ1v) is 4.88. The molecule has 1 rings (SSSR count). The minimum atomic E-state index is -0.185. The van der Waals surface area contributed by atoms with Gasteiger partial charge in [-0.05, 0) is 37.6 Å².